The molecule has 0 radical (unpaired) electrons. The first-order valence-corrected chi connectivity index (χ1v) is 13.3. The number of nitrogens with zero attached hydrogens (tertiary/aromatic N) is 3. The molecule has 178 valence electrons. The Balaban J connectivity index is 1.38. The number of pyridine rings is 1. The molecule has 1 aromatic heterocycles. The zero-order chi connectivity index (χ0) is 23.2. The van der Waals surface area contributed by atoms with Crippen LogP contribution in [0.15, 0.2) is 35.2 Å². The first-order valence-electron chi connectivity index (χ1n) is 11.4. The molecule has 2 aromatic rings. The maximum absolute atomic E-state index is 15.2. The summed E-state index contributed by atoms with van der Waals surface area (Å²) in [4.78, 5) is 7.60. The largest absolute Gasteiger partial charge is 0.370 e. The second-order valence-corrected chi connectivity index (χ2v) is 11.4. The van der Waals surface area contributed by atoms with Crippen molar-refractivity contribution in [2.75, 3.05) is 35.8 Å². The summed E-state index contributed by atoms with van der Waals surface area (Å²) in [5.74, 6) is -2.09. The summed E-state index contributed by atoms with van der Waals surface area (Å²) < 4.78 is 56.1. The molecule has 1 aliphatic carbocycles. The first kappa shape index (κ1) is 22.8. The van der Waals surface area contributed by atoms with Gasteiger partial charge in [0.15, 0.2) is 5.82 Å². The van der Waals surface area contributed by atoms with Crippen molar-refractivity contribution in [3.05, 3.63) is 47.1 Å². The smallest absolute Gasteiger partial charge is 0.266 e. The number of benzene rings is 1. The number of anilines is 2. The van der Waals surface area contributed by atoms with E-state index in [4.69, 9.17) is 11.6 Å². The van der Waals surface area contributed by atoms with E-state index in [0.717, 1.165) is 45.1 Å². The van der Waals surface area contributed by atoms with Gasteiger partial charge in [-0.3, -0.25) is 9.62 Å². The van der Waals surface area contributed by atoms with Crippen molar-refractivity contribution in [3.8, 4) is 0 Å². The molecule has 1 aromatic carbocycles. The van der Waals surface area contributed by atoms with Gasteiger partial charge in [-0.25, -0.2) is 17.8 Å². The number of halogens is 3. The summed E-state index contributed by atoms with van der Waals surface area (Å²) >= 11 is 6.38. The van der Waals surface area contributed by atoms with Crippen LogP contribution in [0.2, 0.25) is 5.02 Å². The Bertz CT molecular complexity index is 1160. The van der Waals surface area contributed by atoms with Gasteiger partial charge in [-0.2, -0.15) is 4.39 Å². The Morgan fingerprint density at radius 2 is 1.85 bits per heavy atom. The average molecular weight is 497 g/mol. The molecule has 0 unspecified atom stereocenters. The number of likely N-dealkylation sites (tertiary alicyclic amines) is 1. The van der Waals surface area contributed by atoms with Crippen molar-refractivity contribution >= 4 is 33.1 Å². The highest BCUT2D eigenvalue weighted by Gasteiger charge is 2.50. The van der Waals surface area contributed by atoms with Crippen molar-refractivity contribution < 1.29 is 17.2 Å². The number of hydrogen-bond donors (Lipinski definition) is 1. The Morgan fingerprint density at radius 1 is 1.06 bits per heavy atom. The van der Waals surface area contributed by atoms with Gasteiger partial charge in [0, 0.05) is 24.5 Å². The molecule has 2 atom stereocenters. The van der Waals surface area contributed by atoms with Gasteiger partial charge in [0.05, 0.1) is 5.69 Å². The molecule has 6 nitrogen and oxygen atoms in total. The predicted octanol–water partition coefficient (Wildman–Crippen LogP) is 4.66. The van der Waals surface area contributed by atoms with Gasteiger partial charge in [0.1, 0.15) is 15.7 Å². The third-order valence-electron chi connectivity index (χ3n) is 7.44. The van der Waals surface area contributed by atoms with Crippen molar-refractivity contribution in [1.29, 1.82) is 0 Å². The third-order valence-corrected chi connectivity index (χ3v) is 9.17. The summed E-state index contributed by atoms with van der Waals surface area (Å²) in [6, 6.07) is 7.03. The van der Waals surface area contributed by atoms with Crippen LogP contribution in [-0.2, 0) is 10.0 Å². The molecular formula is C23H27ClF2N4O2S. The lowest BCUT2D eigenvalue weighted by Crippen LogP contribution is -2.44. The van der Waals surface area contributed by atoms with Crippen LogP contribution >= 0.6 is 11.6 Å². The zero-order valence-electron chi connectivity index (χ0n) is 18.2. The van der Waals surface area contributed by atoms with Gasteiger partial charge in [-0.1, -0.05) is 24.1 Å². The van der Waals surface area contributed by atoms with Crippen LogP contribution < -0.4 is 9.62 Å². The van der Waals surface area contributed by atoms with E-state index < -0.39 is 26.7 Å². The minimum absolute atomic E-state index is 0.180. The quantitative estimate of drug-likeness (QED) is 0.610. The minimum atomic E-state index is -4.33. The van der Waals surface area contributed by atoms with Crippen molar-refractivity contribution in [3.63, 3.8) is 0 Å². The van der Waals surface area contributed by atoms with Gasteiger partial charge in [-0.05, 0) is 69.5 Å². The molecule has 3 fully saturated rings. The second kappa shape index (κ2) is 8.67. The third kappa shape index (κ3) is 4.19. The Hall–Kier alpha value is -1.97. The fourth-order valence-corrected chi connectivity index (χ4v) is 7.38. The summed E-state index contributed by atoms with van der Waals surface area (Å²) in [6.07, 6.45) is 7.09. The first-order chi connectivity index (χ1) is 15.8. The fourth-order valence-electron chi connectivity index (χ4n) is 5.95. The molecule has 1 saturated carbocycles. The summed E-state index contributed by atoms with van der Waals surface area (Å²) in [5.41, 5.74) is 0.695. The molecule has 0 bridgehead atoms. The Morgan fingerprint density at radius 3 is 2.61 bits per heavy atom. The van der Waals surface area contributed by atoms with Crippen molar-refractivity contribution in [2.45, 2.75) is 49.5 Å². The summed E-state index contributed by atoms with van der Waals surface area (Å²) in [5, 5.41) is -0.210. The van der Waals surface area contributed by atoms with Crippen LogP contribution in [-0.4, -0.2) is 50.5 Å². The number of aromatic nitrogens is 1. The second-order valence-electron chi connectivity index (χ2n) is 9.35. The van der Waals surface area contributed by atoms with Crippen LogP contribution in [0.5, 0.6) is 0 Å². The van der Waals surface area contributed by atoms with Gasteiger partial charge in [0.25, 0.3) is 10.0 Å². The molecule has 33 heavy (non-hydrogen) atoms. The number of rotatable bonds is 5. The predicted molar refractivity (Wildman–Crippen MR) is 124 cm³/mol. The Labute approximate surface area is 198 Å². The van der Waals surface area contributed by atoms with E-state index in [-0.39, 0.29) is 16.3 Å². The average Bonchev–Trinajstić information content (AvgIpc) is 3.52. The molecule has 1 N–H and O–H groups in total. The van der Waals surface area contributed by atoms with E-state index >= 15 is 4.39 Å². The molecule has 3 heterocycles. The maximum atomic E-state index is 15.2. The van der Waals surface area contributed by atoms with E-state index in [2.05, 4.69) is 19.5 Å². The van der Waals surface area contributed by atoms with Crippen LogP contribution in [0.1, 0.15) is 38.5 Å². The number of sulfonamides is 1. The molecule has 3 aliphatic rings. The van der Waals surface area contributed by atoms with Gasteiger partial charge < -0.3 is 4.90 Å². The molecule has 2 aliphatic heterocycles. The molecule has 5 rings (SSSR count). The highest BCUT2D eigenvalue weighted by molar-refractivity contribution is 7.92. The fraction of sp³-hybridized carbons (Fsp3) is 0.522. The lowest BCUT2D eigenvalue weighted by Gasteiger charge is -2.38. The van der Waals surface area contributed by atoms with Crippen LogP contribution in [0, 0.1) is 17.2 Å². The van der Waals surface area contributed by atoms with Gasteiger partial charge in [-0.15, -0.1) is 0 Å². The van der Waals surface area contributed by atoms with E-state index in [1.807, 2.05) is 0 Å². The van der Waals surface area contributed by atoms with E-state index in [9.17, 15) is 12.8 Å². The standard InChI is InChI=1S/C23H27ClF2N4O2S/c24-21-16(30-14-11-23(15-30)10-4-5-18(23)29-12-1-2-13-29)8-9-17(22(21)26)33(31,32)28-20-7-3-6-19(25)27-20/h3,6-9,18H,1-2,4-5,10-15H2,(H,27,28)/t18-,23+/m0/s1. The maximum Gasteiger partial charge on any atom is 0.266 e. The van der Waals surface area contributed by atoms with Gasteiger partial charge in [0.2, 0.25) is 5.95 Å². The molecule has 2 saturated heterocycles. The summed E-state index contributed by atoms with van der Waals surface area (Å²) in [7, 11) is -4.33. The van der Waals surface area contributed by atoms with Crippen LogP contribution in [0.3, 0.4) is 0 Å². The van der Waals surface area contributed by atoms with Crippen LogP contribution in [0.4, 0.5) is 20.3 Å². The van der Waals surface area contributed by atoms with E-state index in [0.29, 0.717) is 11.7 Å². The van der Waals surface area contributed by atoms with Crippen molar-refractivity contribution in [1.82, 2.24) is 9.88 Å². The molecular weight excluding hydrogens is 470 g/mol. The molecule has 10 heteroatoms. The Kier molecular flexibility index (Phi) is 5.99. The highest BCUT2D eigenvalue weighted by atomic mass is 35.5. The number of hydrogen-bond acceptors (Lipinski definition) is 5. The molecule has 0 amide bonds. The minimum Gasteiger partial charge on any atom is -0.370 e. The topological polar surface area (TPSA) is 65.5 Å². The normalized spacial score (nSPS) is 25.9. The summed E-state index contributed by atoms with van der Waals surface area (Å²) in [6.45, 7) is 3.87. The monoisotopic (exact) mass is 496 g/mol. The van der Waals surface area contributed by atoms with Crippen molar-refractivity contribution in [2.24, 2.45) is 5.41 Å². The lowest BCUT2D eigenvalue weighted by atomic mass is 9.81. The lowest BCUT2D eigenvalue weighted by molar-refractivity contribution is 0.126. The molecule has 1 spiro atoms. The number of nitrogens with one attached hydrogen (secondary N) is 1. The van der Waals surface area contributed by atoms with Gasteiger partial charge >= 0.3 is 0 Å². The van der Waals surface area contributed by atoms with E-state index in [1.54, 1.807) is 6.07 Å². The SMILES string of the molecule is O=S(=O)(Nc1cccc(F)n1)c1ccc(N2CC[C@]3(CCC[C@@H]3N3CCCC3)C2)c(Cl)c1F. The zero-order valence-corrected chi connectivity index (χ0v) is 19.8. The van der Waals surface area contributed by atoms with Crippen LogP contribution in [0.25, 0.3) is 0 Å². The highest BCUT2D eigenvalue weighted by Crippen LogP contribution is 2.50. The van der Waals surface area contributed by atoms with E-state index in [1.165, 1.54) is 43.9 Å².